The first-order valence-electron chi connectivity index (χ1n) is 7.39. The predicted octanol–water partition coefficient (Wildman–Crippen LogP) is 1.34. The van der Waals surface area contributed by atoms with E-state index in [1.54, 1.807) is 17.9 Å². The van der Waals surface area contributed by atoms with Gasteiger partial charge in [-0.15, -0.1) is 0 Å². The van der Waals surface area contributed by atoms with Gasteiger partial charge >= 0.3 is 0 Å². The minimum absolute atomic E-state index is 0.0573. The zero-order valence-corrected chi connectivity index (χ0v) is 13.2. The van der Waals surface area contributed by atoms with E-state index in [0.29, 0.717) is 13.0 Å². The summed E-state index contributed by atoms with van der Waals surface area (Å²) in [4.78, 5) is 18.0. The van der Waals surface area contributed by atoms with Crippen molar-refractivity contribution in [3.05, 3.63) is 30.0 Å². The normalized spacial score (nSPS) is 21.3. The number of nitriles is 1. The number of nitrogens with zero attached hydrogens (tertiary/aromatic N) is 5. The Bertz CT molecular complexity index is 846. The number of carbonyl (C=O) groups excluding carboxylic acids is 1. The van der Waals surface area contributed by atoms with Gasteiger partial charge in [-0.05, 0) is 18.6 Å². The van der Waals surface area contributed by atoms with E-state index in [0.717, 1.165) is 16.5 Å². The molecule has 0 aliphatic carbocycles. The molecular formula is C16H18N6O. The third-order valence-corrected chi connectivity index (χ3v) is 4.28. The van der Waals surface area contributed by atoms with Crippen LogP contribution in [0.4, 0.5) is 0 Å². The molecule has 7 nitrogen and oxygen atoms in total. The Morgan fingerprint density at radius 2 is 2.26 bits per heavy atom. The Morgan fingerprint density at radius 1 is 1.48 bits per heavy atom. The fraction of sp³-hybridized carbons (Fsp3) is 0.375. The zero-order chi connectivity index (χ0) is 16.6. The molecular weight excluding hydrogens is 292 g/mol. The molecule has 0 saturated heterocycles. The van der Waals surface area contributed by atoms with Crippen molar-refractivity contribution in [1.29, 1.82) is 5.26 Å². The van der Waals surface area contributed by atoms with Crippen LogP contribution >= 0.6 is 0 Å². The van der Waals surface area contributed by atoms with Gasteiger partial charge in [-0.2, -0.15) is 10.4 Å². The molecule has 7 heteroatoms. The molecule has 1 aromatic heterocycles. The van der Waals surface area contributed by atoms with Gasteiger partial charge in [0, 0.05) is 12.4 Å². The van der Waals surface area contributed by atoms with Gasteiger partial charge in [-0.25, -0.2) is 4.99 Å². The summed E-state index contributed by atoms with van der Waals surface area (Å²) < 4.78 is 1.80. The summed E-state index contributed by atoms with van der Waals surface area (Å²) in [6.07, 6.45) is 2.44. The highest BCUT2D eigenvalue weighted by molar-refractivity contribution is 5.98. The average molecular weight is 310 g/mol. The van der Waals surface area contributed by atoms with Crippen LogP contribution in [-0.4, -0.2) is 33.6 Å². The zero-order valence-electron chi connectivity index (χ0n) is 13.2. The van der Waals surface area contributed by atoms with Gasteiger partial charge in [-0.3, -0.25) is 14.4 Å². The van der Waals surface area contributed by atoms with Crippen molar-refractivity contribution in [1.82, 2.24) is 14.7 Å². The number of benzene rings is 1. The van der Waals surface area contributed by atoms with Gasteiger partial charge in [0.2, 0.25) is 5.91 Å². The Hall–Kier alpha value is -2.88. The van der Waals surface area contributed by atoms with Crippen LogP contribution in [0.5, 0.6) is 0 Å². The first kappa shape index (κ1) is 15.0. The second kappa shape index (κ2) is 5.39. The molecule has 2 aromatic rings. The first-order chi connectivity index (χ1) is 10.9. The average Bonchev–Trinajstić information content (AvgIpc) is 2.93. The second-order valence-electron chi connectivity index (χ2n) is 5.92. The van der Waals surface area contributed by atoms with Crippen molar-refractivity contribution in [3.8, 4) is 6.07 Å². The number of fused-ring (bicyclic) bond motifs is 1. The summed E-state index contributed by atoms with van der Waals surface area (Å²) >= 11 is 0. The van der Waals surface area contributed by atoms with E-state index in [9.17, 15) is 4.79 Å². The van der Waals surface area contributed by atoms with Gasteiger partial charge in [0.25, 0.3) is 0 Å². The van der Waals surface area contributed by atoms with Gasteiger partial charge in [0.1, 0.15) is 0 Å². The summed E-state index contributed by atoms with van der Waals surface area (Å²) in [5, 5.41) is 14.1. The Labute approximate surface area is 134 Å². The van der Waals surface area contributed by atoms with Crippen molar-refractivity contribution >= 4 is 22.8 Å². The lowest BCUT2D eigenvalue weighted by molar-refractivity contribution is -0.128. The van der Waals surface area contributed by atoms with E-state index in [4.69, 9.17) is 11.0 Å². The van der Waals surface area contributed by atoms with E-state index in [2.05, 4.69) is 16.2 Å². The number of nitrogens with two attached hydrogens (primary N) is 1. The fourth-order valence-electron chi connectivity index (χ4n) is 2.81. The Balaban J connectivity index is 2.06. The summed E-state index contributed by atoms with van der Waals surface area (Å²) in [5.74, 6) is 0.167. The molecule has 1 atom stereocenters. The maximum Gasteiger partial charge on any atom is 0.231 e. The molecule has 0 radical (unpaired) electrons. The number of carbonyl (C=O) groups is 1. The van der Waals surface area contributed by atoms with Crippen molar-refractivity contribution in [2.24, 2.45) is 10.7 Å². The molecule has 0 bridgehead atoms. The highest BCUT2D eigenvalue weighted by Crippen LogP contribution is 2.34. The fourth-order valence-corrected chi connectivity index (χ4v) is 2.81. The minimum Gasteiger partial charge on any atom is -0.369 e. The van der Waals surface area contributed by atoms with E-state index < -0.39 is 5.54 Å². The third kappa shape index (κ3) is 2.52. The molecule has 2 N–H and O–H groups in total. The smallest absolute Gasteiger partial charge is 0.231 e. The van der Waals surface area contributed by atoms with Crippen LogP contribution in [0.2, 0.25) is 0 Å². The molecule has 23 heavy (non-hydrogen) atoms. The number of aryl methyl sites for hydroxylation is 1. The van der Waals surface area contributed by atoms with Crippen LogP contribution in [-0.2, 0) is 16.9 Å². The van der Waals surface area contributed by atoms with Crippen LogP contribution in [0.3, 0.4) is 0 Å². The monoisotopic (exact) mass is 310 g/mol. The Kier molecular flexibility index (Phi) is 3.52. The second-order valence-corrected chi connectivity index (χ2v) is 5.92. The van der Waals surface area contributed by atoms with E-state index in [-0.39, 0.29) is 18.3 Å². The van der Waals surface area contributed by atoms with Gasteiger partial charge < -0.3 is 5.73 Å². The van der Waals surface area contributed by atoms with Crippen LogP contribution < -0.4 is 5.73 Å². The number of aliphatic imine (C=N–C) groups is 1. The molecule has 1 aliphatic heterocycles. The standard InChI is InChI=1S/C16H18N6O/c1-16(9-14(23)21(2)15(18)20-16)12-5-4-11-10-19-22(7-3-6-17)13(11)8-12/h4-5,8,10H,3,7,9H2,1-2H3,(H2,18,20)/t16-/m0/s1. The predicted molar refractivity (Wildman–Crippen MR) is 86.3 cm³/mol. The van der Waals surface area contributed by atoms with Crippen molar-refractivity contribution < 1.29 is 4.79 Å². The number of aromatic nitrogens is 2. The molecule has 0 unspecified atom stereocenters. The number of rotatable bonds is 3. The minimum atomic E-state index is -0.688. The van der Waals surface area contributed by atoms with E-state index >= 15 is 0 Å². The summed E-state index contributed by atoms with van der Waals surface area (Å²) in [7, 11) is 1.63. The van der Waals surface area contributed by atoms with E-state index in [1.807, 2.05) is 25.1 Å². The Morgan fingerprint density at radius 3 is 2.96 bits per heavy atom. The molecule has 2 heterocycles. The molecule has 1 aromatic carbocycles. The quantitative estimate of drug-likeness (QED) is 0.924. The van der Waals surface area contributed by atoms with Crippen molar-refractivity contribution in [3.63, 3.8) is 0 Å². The molecule has 0 fully saturated rings. The molecule has 1 aliphatic rings. The third-order valence-electron chi connectivity index (χ3n) is 4.28. The lowest BCUT2D eigenvalue weighted by Gasteiger charge is -2.33. The highest BCUT2D eigenvalue weighted by atomic mass is 16.2. The summed E-state index contributed by atoms with van der Waals surface area (Å²) in [6.45, 7) is 2.44. The van der Waals surface area contributed by atoms with Gasteiger partial charge in [-0.1, -0.05) is 12.1 Å². The molecule has 0 saturated carbocycles. The van der Waals surface area contributed by atoms with Crippen LogP contribution in [0.25, 0.3) is 10.9 Å². The van der Waals surface area contributed by atoms with Crippen LogP contribution in [0.15, 0.2) is 29.4 Å². The number of hydrogen-bond acceptors (Lipinski definition) is 5. The highest BCUT2D eigenvalue weighted by Gasteiger charge is 2.36. The molecule has 3 rings (SSSR count). The maximum absolute atomic E-state index is 12.1. The van der Waals surface area contributed by atoms with Gasteiger partial charge in [0.15, 0.2) is 5.96 Å². The topological polar surface area (TPSA) is 100 Å². The molecule has 118 valence electrons. The SMILES string of the molecule is CN1C(=O)C[C@@](C)(c2ccc3cnn(CCC#N)c3c2)N=C1N. The van der Waals surface area contributed by atoms with Crippen molar-refractivity contribution in [2.45, 2.75) is 31.8 Å². The van der Waals surface area contributed by atoms with Crippen LogP contribution in [0.1, 0.15) is 25.3 Å². The maximum atomic E-state index is 12.1. The van der Waals surface area contributed by atoms with Gasteiger partial charge in [0.05, 0.1) is 42.7 Å². The summed E-state index contributed by atoms with van der Waals surface area (Å²) in [6, 6.07) is 8.02. The first-order valence-corrected chi connectivity index (χ1v) is 7.39. The molecule has 1 amide bonds. The molecule has 0 spiro atoms. The largest absolute Gasteiger partial charge is 0.369 e. The lowest BCUT2D eigenvalue weighted by Crippen LogP contribution is -2.47. The number of guanidine groups is 1. The number of amides is 1. The van der Waals surface area contributed by atoms with E-state index in [1.165, 1.54) is 4.90 Å². The summed E-state index contributed by atoms with van der Waals surface area (Å²) in [5.41, 5.74) is 7.02. The van der Waals surface area contributed by atoms with Crippen molar-refractivity contribution in [2.75, 3.05) is 7.05 Å². The lowest BCUT2D eigenvalue weighted by atomic mass is 9.87. The number of hydrogen-bond donors (Lipinski definition) is 1. The van der Waals surface area contributed by atoms with Crippen LogP contribution in [0, 0.1) is 11.3 Å².